The van der Waals surface area contributed by atoms with Gasteiger partial charge in [0.05, 0.1) is 9.26 Å². The van der Waals surface area contributed by atoms with Crippen LogP contribution in [0.4, 0.5) is 5.82 Å². The van der Waals surface area contributed by atoms with E-state index >= 15 is 0 Å². The van der Waals surface area contributed by atoms with Gasteiger partial charge in [-0.15, -0.1) is 0 Å². The number of pyridine rings is 1. The van der Waals surface area contributed by atoms with E-state index in [1.807, 2.05) is 18.2 Å². The van der Waals surface area contributed by atoms with Gasteiger partial charge in [-0.1, -0.05) is 26.8 Å². The zero-order chi connectivity index (χ0) is 13.3. The van der Waals surface area contributed by atoms with Crippen molar-refractivity contribution in [2.24, 2.45) is 0 Å². The number of nitrogens with zero attached hydrogens (tertiary/aromatic N) is 3. The van der Waals surface area contributed by atoms with E-state index in [2.05, 4.69) is 58.3 Å². The standard InChI is InChI=1S/C13H15IN4/c1-13(2,3)10-9(14)11(15)18-12(17-10)8-6-4-5-7-16-8/h4-7H,1-3H3,(H2,15,17,18). The average Bonchev–Trinajstić information content (AvgIpc) is 2.32. The number of hydrogen-bond donors (Lipinski definition) is 1. The molecular formula is C13H15IN4. The van der Waals surface area contributed by atoms with E-state index < -0.39 is 0 Å². The summed E-state index contributed by atoms with van der Waals surface area (Å²) >= 11 is 2.20. The maximum atomic E-state index is 5.97. The largest absolute Gasteiger partial charge is 0.383 e. The van der Waals surface area contributed by atoms with Gasteiger partial charge in [0.2, 0.25) is 0 Å². The Morgan fingerprint density at radius 2 is 1.89 bits per heavy atom. The molecule has 2 aromatic rings. The number of nitrogen functional groups attached to an aromatic ring is 1. The van der Waals surface area contributed by atoms with Crippen molar-refractivity contribution in [2.45, 2.75) is 26.2 Å². The van der Waals surface area contributed by atoms with Crippen molar-refractivity contribution in [1.82, 2.24) is 15.0 Å². The van der Waals surface area contributed by atoms with E-state index in [-0.39, 0.29) is 5.41 Å². The third-order valence-electron chi connectivity index (χ3n) is 2.48. The van der Waals surface area contributed by atoms with E-state index in [0.29, 0.717) is 11.6 Å². The van der Waals surface area contributed by atoms with Gasteiger partial charge in [-0.05, 0) is 34.7 Å². The Morgan fingerprint density at radius 3 is 2.44 bits per heavy atom. The molecule has 0 fully saturated rings. The Morgan fingerprint density at radius 1 is 1.17 bits per heavy atom. The monoisotopic (exact) mass is 354 g/mol. The first-order valence-electron chi connectivity index (χ1n) is 5.64. The van der Waals surface area contributed by atoms with E-state index in [0.717, 1.165) is 15.0 Å². The molecule has 5 heteroatoms. The van der Waals surface area contributed by atoms with Crippen molar-refractivity contribution in [2.75, 3.05) is 5.73 Å². The molecule has 0 atom stereocenters. The molecule has 0 saturated heterocycles. The molecule has 0 aromatic carbocycles. The summed E-state index contributed by atoms with van der Waals surface area (Å²) in [6.45, 7) is 6.33. The summed E-state index contributed by atoms with van der Waals surface area (Å²) in [5, 5.41) is 0. The maximum absolute atomic E-state index is 5.97. The molecule has 0 aliphatic rings. The summed E-state index contributed by atoms with van der Waals surface area (Å²) < 4.78 is 0.916. The lowest BCUT2D eigenvalue weighted by atomic mass is 9.92. The van der Waals surface area contributed by atoms with Crippen molar-refractivity contribution < 1.29 is 0 Å². The molecule has 0 aliphatic heterocycles. The topological polar surface area (TPSA) is 64.7 Å². The van der Waals surface area contributed by atoms with E-state index in [4.69, 9.17) is 5.73 Å². The number of aromatic nitrogens is 3. The number of anilines is 1. The fraction of sp³-hybridized carbons (Fsp3) is 0.308. The summed E-state index contributed by atoms with van der Waals surface area (Å²) in [5.74, 6) is 1.09. The first-order chi connectivity index (χ1) is 8.39. The molecule has 2 rings (SSSR count). The molecule has 0 saturated carbocycles. The van der Waals surface area contributed by atoms with Crippen molar-refractivity contribution in [1.29, 1.82) is 0 Å². The maximum Gasteiger partial charge on any atom is 0.180 e. The Balaban J connectivity index is 2.62. The van der Waals surface area contributed by atoms with Crippen molar-refractivity contribution in [3.05, 3.63) is 33.7 Å². The Kier molecular flexibility index (Phi) is 3.52. The van der Waals surface area contributed by atoms with Crippen LogP contribution in [0.25, 0.3) is 11.5 Å². The fourth-order valence-electron chi connectivity index (χ4n) is 1.57. The van der Waals surface area contributed by atoms with Crippen LogP contribution < -0.4 is 5.73 Å². The minimum atomic E-state index is -0.0723. The quantitative estimate of drug-likeness (QED) is 0.800. The number of rotatable bonds is 1. The first kappa shape index (κ1) is 13.2. The predicted molar refractivity (Wildman–Crippen MR) is 81.1 cm³/mol. The summed E-state index contributed by atoms with van der Waals surface area (Å²) in [6.07, 6.45) is 1.73. The van der Waals surface area contributed by atoms with Crippen molar-refractivity contribution in [3.8, 4) is 11.5 Å². The molecule has 0 radical (unpaired) electrons. The van der Waals surface area contributed by atoms with Gasteiger partial charge in [0, 0.05) is 11.6 Å². The van der Waals surface area contributed by atoms with Gasteiger partial charge >= 0.3 is 0 Å². The lowest BCUT2D eigenvalue weighted by molar-refractivity contribution is 0.564. The van der Waals surface area contributed by atoms with Crippen LogP contribution >= 0.6 is 22.6 Å². The van der Waals surface area contributed by atoms with Crippen LogP contribution in [-0.2, 0) is 5.41 Å². The lowest BCUT2D eigenvalue weighted by Gasteiger charge is -2.20. The van der Waals surface area contributed by atoms with Crippen molar-refractivity contribution in [3.63, 3.8) is 0 Å². The second kappa shape index (κ2) is 4.79. The van der Waals surface area contributed by atoms with Crippen LogP contribution in [0.3, 0.4) is 0 Å². The summed E-state index contributed by atoms with van der Waals surface area (Å²) in [4.78, 5) is 13.2. The normalized spacial score (nSPS) is 11.6. The van der Waals surface area contributed by atoms with E-state index in [1.165, 1.54) is 0 Å². The third-order valence-corrected chi connectivity index (χ3v) is 3.54. The summed E-state index contributed by atoms with van der Waals surface area (Å²) in [6, 6.07) is 5.66. The van der Waals surface area contributed by atoms with Crippen LogP contribution in [-0.4, -0.2) is 15.0 Å². The smallest absolute Gasteiger partial charge is 0.180 e. The van der Waals surface area contributed by atoms with Crippen molar-refractivity contribution >= 4 is 28.4 Å². The Labute approximate surface area is 120 Å². The van der Waals surface area contributed by atoms with Gasteiger partial charge in [-0.2, -0.15) is 0 Å². The Hall–Kier alpha value is -1.24. The van der Waals surface area contributed by atoms with Crippen LogP contribution in [0.1, 0.15) is 26.5 Å². The molecule has 2 aromatic heterocycles. The fourth-order valence-corrected chi connectivity index (χ4v) is 2.62. The number of halogens is 1. The van der Waals surface area contributed by atoms with Crippen LogP contribution in [0.5, 0.6) is 0 Å². The molecule has 18 heavy (non-hydrogen) atoms. The van der Waals surface area contributed by atoms with E-state index in [9.17, 15) is 0 Å². The molecular weight excluding hydrogens is 339 g/mol. The van der Waals surface area contributed by atoms with Gasteiger partial charge in [0.25, 0.3) is 0 Å². The lowest BCUT2D eigenvalue weighted by Crippen LogP contribution is -2.18. The highest BCUT2D eigenvalue weighted by Crippen LogP contribution is 2.29. The zero-order valence-electron chi connectivity index (χ0n) is 10.6. The minimum Gasteiger partial charge on any atom is -0.383 e. The molecule has 4 nitrogen and oxygen atoms in total. The molecule has 0 amide bonds. The minimum absolute atomic E-state index is 0.0723. The molecule has 0 aliphatic carbocycles. The predicted octanol–water partition coefficient (Wildman–Crippen LogP) is 3.02. The van der Waals surface area contributed by atoms with Gasteiger partial charge in [0.1, 0.15) is 11.5 Å². The van der Waals surface area contributed by atoms with Crippen LogP contribution in [0, 0.1) is 3.57 Å². The second-order valence-electron chi connectivity index (χ2n) is 5.06. The van der Waals surface area contributed by atoms with Gasteiger partial charge in [-0.3, -0.25) is 4.98 Å². The van der Waals surface area contributed by atoms with Gasteiger partial charge in [0.15, 0.2) is 5.82 Å². The second-order valence-corrected chi connectivity index (χ2v) is 6.14. The van der Waals surface area contributed by atoms with E-state index in [1.54, 1.807) is 6.20 Å². The van der Waals surface area contributed by atoms with Gasteiger partial charge < -0.3 is 5.73 Å². The highest BCUT2D eigenvalue weighted by Gasteiger charge is 2.22. The highest BCUT2D eigenvalue weighted by atomic mass is 127. The average molecular weight is 354 g/mol. The van der Waals surface area contributed by atoms with Gasteiger partial charge in [-0.25, -0.2) is 9.97 Å². The summed E-state index contributed by atoms with van der Waals surface area (Å²) in [5.41, 5.74) is 7.59. The SMILES string of the molecule is CC(C)(C)c1nc(-c2ccccn2)nc(N)c1I. The highest BCUT2D eigenvalue weighted by molar-refractivity contribution is 14.1. The zero-order valence-corrected chi connectivity index (χ0v) is 12.8. The molecule has 0 unspecified atom stereocenters. The van der Waals surface area contributed by atoms with Crippen LogP contribution in [0.2, 0.25) is 0 Å². The molecule has 0 bridgehead atoms. The summed E-state index contributed by atoms with van der Waals surface area (Å²) in [7, 11) is 0. The first-order valence-corrected chi connectivity index (χ1v) is 6.72. The molecule has 2 heterocycles. The molecule has 2 N–H and O–H groups in total. The molecule has 0 spiro atoms. The molecule has 94 valence electrons. The Bertz CT molecular complexity index is 561. The van der Waals surface area contributed by atoms with Crippen LogP contribution in [0.15, 0.2) is 24.4 Å². The third kappa shape index (κ3) is 2.60. The number of nitrogens with two attached hydrogens (primary N) is 1. The number of hydrogen-bond acceptors (Lipinski definition) is 4.